The van der Waals surface area contributed by atoms with Crippen molar-refractivity contribution in [3.05, 3.63) is 71.8 Å². The van der Waals surface area contributed by atoms with E-state index in [4.69, 9.17) is 14.5 Å². The van der Waals surface area contributed by atoms with Gasteiger partial charge in [0.1, 0.15) is 18.1 Å². The van der Waals surface area contributed by atoms with Gasteiger partial charge in [-0.1, -0.05) is 19.1 Å². The highest BCUT2D eigenvalue weighted by molar-refractivity contribution is 7.46. The number of hydrogen-bond acceptors (Lipinski definition) is 8. The Labute approximate surface area is 251 Å². The molecule has 226 valence electrons. The number of aromatic nitrogens is 2. The minimum absolute atomic E-state index is 0.0562. The lowest BCUT2D eigenvalue weighted by atomic mass is 10.0. The van der Waals surface area contributed by atoms with Crippen LogP contribution in [0, 0.1) is 11.7 Å². The summed E-state index contributed by atoms with van der Waals surface area (Å²) < 4.78 is 36.9. The zero-order chi connectivity index (χ0) is 30.6. The number of halogens is 1. The Hall–Kier alpha value is -3.54. The van der Waals surface area contributed by atoms with E-state index in [9.17, 15) is 18.5 Å². The molecular formula is C30H31FN3O7PS. The number of fused-ring (bicyclic) bond motifs is 1. The van der Waals surface area contributed by atoms with Gasteiger partial charge in [-0.2, -0.15) is 0 Å². The maximum absolute atomic E-state index is 14.9. The minimum Gasteiger partial charge on any atom is -0.453 e. The molecule has 1 fully saturated rings. The molecule has 0 spiro atoms. The van der Waals surface area contributed by atoms with E-state index in [1.807, 2.05) is 25.1 Å². The Bertz CT molecular complexity index is 1670. The van der Waals surface area contributed by atoms with Crippen molar-refractivity contribution in [2.75, 3.05) is 13.2 Å². The standard InChI is InChI=1S/C30H31FN3O7PS/c1-2-11-34(29(36)18-40-42(37,38)39)17-21-5-7-24(33-16-21)28-15-25-30(43-28)27(9-10-32-25)41-26-8-6-20(14-23(26)31)13-22(35)12-19-3-4-19/h5-10,14-16,19H,2-4,11-13,17-18H2,1H3,(H2,37,38,39). The van der Waals surface area contributed by atoms with Crippen LogP contribution >= 0.6 is 19.2 Å². The monoisotopic (exact) mass is 627 g/mol. The van der Waals surface area contributed by atoms with E-state index in [1.165, 1.54) is 22.3 Å². The van der Waals surface area contributed by atoms with Crippen LogP contribution < -0.4 is 4.74 Å². The molecule has 4 aromatic rings. The fourth-order valence-electron chi connectivity index (χ4n) is 4.60. The Morgan fingerprint density at radius 1 is 1.09 bits per heavy atom. The molecule has 3 heterocycles. The van der Waals surface area contributed by atoms with Crippen molar-refractivity contribution in [2.45, 2.75) is 45.6 Å². The van der Waals surface area contributed by atoms with Crippen molar-refractivity contribution in [3.8, 4) is 22.1 Å². The topological polar surface area (TPSA) is 139 Å². The normalized spacial score (nSPS) is 13.3. The number of ketones is 1. The number of thiophene rings is 1. The number of rotatable bonds is 14. The molecule has 1 aliphatic rings. The first-order valence-electron chi connectivity index (χ1n) is 13.9. The van der Waals surface area contributed by atoms with Gasteiger partial charge in [-0.25, -0.2) is 8.96 Å². The smallest absolute Gasteiger partial charge is 0.453 e. The van der Waals surface area contributed by atoms with Gasteiger partial charge in [-0.15, -0.1) is 11.3 Å². The SMILES string of the molecule is CCCN(Cc1ccc(-c2cc3nccc(Oc4ccc(CC(=O)CC5CC5)cc4F)c3s2)nc1)C(=O)COP(=O)(O)O. The average molecular weight is 628 g/mol. The Balaban J connectivity index is 1.27. The fraction of sp³-hybridized carbons (Fsp3) is 0.333. The number of carbonyl (C=O) groups is 2. The second kappa shape index (κ2) is 13.4. The van der Waals surface area contributed by atoms with Gasteiger partial charge in [0.15, 0.2) is 11.6 Å². The third kappa shape index (κ3) is 8.52. The summed E-state index contributed by atoms with van der Waals surface area (Å²) in [4.78, 5) is 53.6. The van der Waals surface area contributed by atoms with E-state index in [0.717, 1.165) is 28.0 Å². The van der Waals surface area contributed by atoms with Crippen molar-refractivity contribution < 1.29 is 37.6 Å². The number of pyridine rings is 2. The van der Waals surface area contributed by atoms with Crippen LogP contribution in [0.15, 0.2) is 54.9 Å². The summed E-state index contributed by atoms with van der Waals surface area (Å²) in [6, 6.07) is 11.8. The van der Waals surface area contributed by atoms with Crippen molar-refractivity contribution in [1.82, 2.24) is 14.9 Å². The average Bonchev–Trinajstić information content (AvgIpc) is 3.66. The zero-order valence-corrected chi connectivity index (χ0v) is 25.2. The largest absolute Gasteiger partial charge is 0.470 e. The molecule has 2 N–H and O–H groups in total. The summed E-state index contributed by atoms with van der Waals surface area (Å²) in [6.07, 6.45) is 6.84. The molecule has 0 unspecified atom stereocenters. The lowest BCUT2D eigenvalue weighted by Crippen LogP contribution is -2.34. The van der Waals surface area contributed by atoms with Crippen LogP contribution in [-0.4, -0.2) is 49.5 Å². The molecule has 0 bridgehead atoms. The van der Waals surface area contributed by atoms with Crippen LogP contribution in [0.3, 0.4) is 0 Å². The Kier molecular flexibility index (Phi) is 9.63. The van der Waals surface area contributed by atoms with Crippen LogP contribution in [0.4, 0.5) is 4.39 Å². The van der Waals surface area contributed by atoms with Crippen LogP contribution in [0.25, 0.3) is 20.8 Å². The van der Waals surface area contributed by atoms with Crippen molar-refractivity contribution in [3.63, 3.8) is 0 Å². The molecule has 1 saturated carbocycles. The summed E-state index contributed by atoms with van der Waals surface area (Å²) in [5, 5.41) is 0. The van der Waals surface area contributed by atoms with Crippen LogP contribution in [-0.2, 0) is 31.6 Å². The first-order chi connectivity index (χ1) is 20.6. The molecule has 0 aliphatic heterocycles. The summed E-state index contributed by atoms with van der Waals surface area (Å²) in [5.41, 5.74) is 2.69. The number of ether oxygens (including phenoxy) is 1. The number of benzene rings is 1. The predicted molar refractivity (Wildman–Crippen MR) is 159 cm³/mol. The molecule has 0 atom stereocenters. The first-order valence-corrected chi connectivity index (χ1v) is 16.2. The number of phosphoric ester groups is 1. The van der Waals surface area contributed by atoms with Gasteiger partial charge in [0.05, 0.1) is 20.8 Å². The van der Waals surface area contributed by atoms with Gasteiger partial charge in [0, 0.05) is 44.4 Å². The number of nitrogens with zero attached hydrogens (tertiary/aromatic N) is 3. The van der Waals surface area contributed by atoms with Crippen molar-refractivity contribution >= 4 is 41.1 Å². The first kappa shape index (κ1) is 30.9. The molecule has 13 heteroatoms. The molecule has 1 amide bonds. The van der Waals surface area contributed by atoms with Crippen LogP contribution in [0.1, 0.15) is 43.7 Å². The predicted octanol–water partition coefficient (Wildman–Crippen LogP) is 6.05. The second-order valence-corrected chi connectivity index (χ2v) is 12.8. The third-order valence-electron chi connectivity index (χ3n) is 6.86. The quantitative estimate of drug-likeness (QED) is 0.160. The molecular weight excluding hydrogens is 596 g/mol. The molecule has 3 aromatic heterocycles. The van der Waals surface area contributed by atoms with E-state index in [-0.39, 0.29) is 24.5 Å². The van der Waals surface area contributed by atoms with Gasteiger partial charge in [-0.05, 0) is 60.6 Å². The lowest BCUT2D eigenvalue weighted by molar-refractivity contribution is -0.134. The third-order valence-corrected chi connectivity index (χ3v) is 8.49. The van der Waals surface area contributed by atoms with Crippen LogP contribution in [0.5, 0.6) is 11.5 Å². The van der Waals surface area contributed by atoms with Crippen molar-refractivity contribution in [1.29, 1.82) is 0 Å². The molecule has 43 heavy (non-hydrogen) atoms. The Morgan fingerprint density at radius 2 is 1.88 bits per heavy atom. The lowest BCUT2D eigenvalue weighted by Gasteiger charge is -2.22. The highest BCUT2D eigenvalue weighted by atomic mass is 32.1. The van der Waals surface area contributed by atoms with E-state index in [1.54, 1.807) is 30.6 Å². The summed E-state index contributed by atoms with van der Waals surface area (Å²) in [7, 11) is -4.75. The fourth-order valence-corrected chi connectivity index (χ4v) is 5.92. The van der Waals surface area contributed by atoms with Gasteiger partial charge in [-0.3, -0.25) is 24.1 Å². The molecule has 1 aliphatic carbocycles. The summed E-state index contributed by atoms with van der Waals surface area (Å²) in [6.45, 7) is 1.76. The molecule has 0 radical (unpaired) electrons. The summed E-state index contributed by atoms with van der Waals surface area (Å²) in [5.74, 6) is 0.0419. The van der Waals surface area contributed by atoms with E-state index in [0.29, 0.717) is 47.8 Å². The van der Waals surface area contributed by atoms with Gasteiger partial charge >= 0.3 is 7.82 Å². The van der Waals surface area contributed by atoms with Crippen molar-refractivity contribution in [2.24, 2.45) is 5.92 Å². The molecule has 1 aromatic carbocycles. The highest BCUT2D eigenvalue weighted by Gasteiger charge is 2.24. The van der Waals surface area contributed by atoms with E-state index < -0.39 is 26.2 Å². The number of amides is 1. The molecule has 10 nitrogen and oxygen atoms in total. The number of Topliss-reactive ketones (excluding diaryl/α,β-unsaturated/α-hetero) is 1. The second-order valence-electron chi connectivity index (χ2n) is 10.5. The van der Waals surface area contributed by atoms with E-state index in [2.05, 4.69) is 14.5 Å². The van der Waals surface area contributed by atoms with Gasteiger partial charge < -0.3 is 19.4 Å². The van der Waals surface area contributed by atoms with Crippen LogP contribution in [0.2, 0.25) is 0 Å². The molecule has 5 rings (SSSR count). The van der Waals surface area contributed by atoms with E-state index >= 15 is 0 Å². The minimum atomic E-state index is -4.75. The van der Waals surface area contributed by atoms with Gasteiger partial charge in [0.25, 0.3) is 0 Å². The van der Waals surface area contributed by atoms with Gasteiger partial charge in [0.2, 0.25) is 5.91 Å². The Morgan fingerprint density at radius 3 is 2.56 bits per heavy atom. The zero-order valence-electron chi connectivity index (χ0n) is 23.4. The highest BCUT2D eigenvalue weighted by Crippen LogP contribution is 2.39. The number of hydrogen-bond donors (Lipinski definition) is 2. The maximum Gasteiger partial charge on any atom is 0.470 e. The maximum atomic E-state index is 14.9. The molecule has 0 saturated heterocycles. The number of phosphoric acid groups is 1. The number of carbonyl (C=O) groups excluding carboxylic acids is 2. The summed E-state index contributed by atoms with van der Waals surface area (Å²) >= 11 is 1.39.